The van der Waals surface area contributed by atoms with E-state index in [1.165, 1.54) is 25.8 Å². The molecule has 2 nitrogen and oxygen atoms in total. The molecule has 0 aromatic rings. The van der Waals surface area contributed by atoms with Crippen LogP contribution in [-0.4, -0.2) is 35.2 Å². The largest absolute Gasteiger partial charge is 0.387 e. The zero-order chi connectivity index (χ0) is 9.03. The Morgan fingerprint density at radius 2 is 1.92 bits per heavy atom. The van der Waals surface area contributed by atoms with Crippen LogP contribution < -0.4 is 0 Å². The maximum absolute atomic E-state index is 9.70. The fraction of sp³-hybridized carbons (Fsp3) is 1.00. The van der Waals surface area contributed by atoms with Crippen molar-refractivity contribution in [1.29, 1.82) is 0 Å². The lowest BCUT2D eigenvalue weighted by Gasteiger charge is -2.46. The third-order valence-electron chi connectivity index (χ3n) is 2.77. The van der Waals surface area contributed by atoms with Gasteiger partial charge in [-0.2, -0.15) is 0 Å². The van der Waals surface area contributed by atoms with Crippen molar-refractivity contribution in [2.75, 3.05) is 19.6 Å². The van der Waals surface area contributed by atoms with Gasteiger partial charge in [0, 0.05) is 13.1 Å². The van der Waals surface area contributed by atoms with Crippen LogP contribution in [0.5, 0.6) is 0 Å². The van der Waals surface area contributed by atoms with E-state index in [1.807, 2.05) is 0 Å². The van der Waals surface area contributed by atoms with E-state index in [0.717, 1.165) is 19.5 Å². The smallest absolute Gasteiger partial charge is 0.0897 e. The summed E-state index contributed by atoms with van der Waals surface area (Å²) in [5.74, 6) is 0. The quantitative estimate of drug-likeness (QED) is 0.636. The van der Waals surface area contributed by atoms with Crippen molar-refractivity contribution < 1.29 is 5.11 Å². The summed E-state index contributed by atoms with van der Waals surface area (Å²) in [6.45, 7) is 7.25. The van der Waals surface area contributed by atoms with Crippen LogP contribution in [0.25, 0.3) is 0 Å². The molecule has 1 aliphatic heterocycles. The molecule has 0 saturated carbocycles. The number of hydrogen-bond acceptors (Lipinski definition) is 2. The summed E-state index contributed by atoms with van der Waals surface area (Å²) >= 11 is 0. The predicted octanol–water partition coefficient (Wildman–Crippen LogP) is 1.63. The molecule has 1 rings (SSSR count). The molecule has 0 aliphatic carbocycles. The molecule has 1 heterocycles. The minimum Gasteiger partial charge on any atom is -0.387 e. The molecular formula is C10H21NO. The molecule has 1 saturated heterocycles. The molecule has 72 valence electrons. The second-order valence-corrected chi connectivity index (χ2v) is 4.00. The number of aliphatic hydroxyl groups is 1. The molecule has 1 aliphatic rings. The first kappa shape index (κ1) is 10.0. The highest BCUT2D eigenvalue weighted by atomic mass is 16.3. The van der Waals surface area contributed by atoms with Gasteiger partial charge in [0.05, 0.1) is 5.60 Å². The van der Waals surface area contributed by atoms with Gasteiger partial charge in [0.15, 0.2) is 0 Å². The Bertz CT molecular complexity index is 130. The van der Waals surface area contributed by atoms with Gasteiger partial charge in [0.1, 0.15) is 0 Å². The number of β-amino-alcohol motifs (C(OH)–C–C–N with tert-alkyl or cyclic N) is 1. The maximum Gasteiger partial charge on any atom is 0.0897 e. The highest BCUT2D eigenvalue weighted by Crippen LogP contribution is 2.23. The van der Waals surface area contributed by atoms with Gasteiger partial charge < -0.3 is 5.11 Å². The third kappa shape index (κ3) is 2.46. The summed E-state index contributed by atoms with van der Waals surface area (Å²) in [6, 6.07) is 0. The Morgan fingerprint density at radius 3 is 2.42 bits per heavy atom. The maximum atomic E-state index is 9.70. The van der Waals surface area contributed by atoms with Gasteiger partial charge in [-0.25, -0.2) is 0 Å². The van der Waals surface area contributed by atoms with Crippen molar-refractivity contribution in [3.05, 3.63) is 0 Å². The number of nitrogens with zero attached hydrogens (tertiary/aromatic N) is 1. The highest BCUT2D eigenvalue weighted by Gasteiger charge is 2.38. The molecule has 0 aromatic heterocycles. The summed E-state index contributed by atoms with van der Waals surface area (Å²) in [4.78, 5) is 2.35. The fourth-order valence-corrected chi connectivity index (χ4v) is 1.75. The molecule has 1 N–H and O–H groups in total. The van der Waals surface area contributed by atoms with Gasteiger partial charge in [-0.15, -0.1) is 0 Å². The molecule has 12 heavy (non-hydrogen) atoms. The minimum absolute atomic E-state index is 0.341. The third-order valence-corrected chi connectivity index (χ3v) is 2.77. The van der Waals surface area contributed by atoms with Crippen LogP contribution in [0, 0.1) is 0 Å². The molecule has 1 fully saturated rings. The van der Waals surface area contributed by atoms with Crippen LogP contribution in [0.2, 0.25) is 0 Å². The first-order valence-corrected chi connectivity index (χ1v) is 5.15. The molecule has 0 bridgehead atoms. The van der Waals surface area contributed by atoms with E-state index in [1.54, 1.807) is 0 Å². The Labute approximate surface area is 75.6 Å². The highest BCUT2D eigenvalue weighted by molar-refractivity contribution is 4.93. The zero-order valence-electron chi connectivity index (χ0n) is 8.34. The summed E-state index contributed by atoms with van der Waals surface area (Å²) in [6.07, 6.45) is 4.79. The van der Waals surface area contributed by atoms with Crippen molar-refractivity contribution in [2.45, 2.75) is 45.1 Å². The first-order chi connectivity index (χ1) is 5.70. The second kappa shape index (κ2) is 4.24. The van der Waals surface area contributed by atoms with E-state index >= 15 is 0 Å². The SMILES string of the molecule is CCCCCN1CC(O)(CC)C1. The Kier molecular flexibility index (Phi) is 3.53. The molecule has 0 spiro atoms. The van der Waals surface area contributed by atoms with Crippen LogP contribution >= 0.6 is 0 Å². The van der Waals surface area contributed by atoms with Gasteiger partial charge in [-0.05, 0) is 19.4 Å². The minimum atomic E-state index is -0.341. The molecular weight excluding hydrogens is 150 g/mol. The average molecular weight is 171 g/mol. The van der Waals surface area contributed by atoms with Crippen LogP contribution in [0.15, 0.2) is 0 Å². The van der Waals surface area contributed by atoms with Gasteiger partial charge >= 0.3 is 0 Å². The number of unbranched alkanes of at least 4 members (excludes halogenated alkanes) is 2. The second-order valence-electron chi connectivity index (χ2n) is 4.00. The molecule has 0 atom stereocenters. The predicted molar refractivity (Wildman–Crippen MR) is 51.2 cm³/mol. The first-order valence-electron chi connectivity index (χ1n) is 5.15. The van der Waals surface area contributed by atoms with Gasteiger partial charge in [0.2, 0.25) is 0 Å². The van der Waals surface area contributed by atoms with Gasteiger partial charge in [0.25, 0.3) is 0 Å². The number of rotatable bonds is 5. The van der Waals surface area contributed by atoms with Gasteiger partial charge in [-0.3, -0.25) is 4.90 Å². The monoisotopic (exact) mass is 171 g/mol. The van der Waals surface area contributed by atoms with E-state index in [4.69, 9.17) is 0 Å². The van der Waals surface area contributed by atoms with Crippen molar-refractivity contribution in [3.8, 4) is 0 Å². The standard InChI is InChI=1S/C10H21NO/c1-3-5-6-7-11-8-10(12,4-2)9-11/h12H,3-9H2,1-2H3. The Hall–Kier alpha value is -0.0800. The number of likely N-dealkylation sites (tertiary alicyclic amines) is 1. The zero-order valence-corrected chi connectivity index (χ0v) is 8.34. The van der Waals surface area contributed by atoms with Gasteiger partial charge in [-0.1, -0.05) is 26.7 Å². The molecule has 2 heteroatoms. The lowest BCUT2D eigenvalue weighted by Crippen LogP contribution is -2.61. The molecule has 0 amide bonds. The van der Waals surface area contributed by atoms with Crippen LogP contribution in [0.1, 0.15) is 39.5 Å². The summed E-state index contributed by atoms with van der Waals surface area (Å²) < 4.78 is 0. The lowest BCUT2D eigenvalue weighted by molar-refractivity contribution is -0.0994. The van der Waals surface area contributed by atoms with E-state index in [2.05, 4.69) is 18.7 Å². The van der Waals surface area contributed by atoms with Crippen LogP contribution in [-0.2, 0) is 0 Å². The van der Waals surface area contributed by atoms with E-state index in [0.29, 0.717) is 0 Å². The summed E-state index contributed by atoms with van der Waals surface area (Å²) in [5, 5.41) is 9.70. The van der Waals surface area contributed by atoms with E-state index in [9.17, 15) is 5.11 Å². The topological polar surface area (TPSA) is 23.5 Å². The summed E-state index contributed by atoms with van der Waals surface area (Å²) in [7, 11) is 0. The van der Waals surface area contributed by atoms with Crippen LogP contribution in [0.4, 0.5) is 0 Å². The Balaban J connectivity index is 2.02. The fourth-order valence-electron chi connectivity index (χ4n) is 1.75. The molecule has 0 unspecified atom stereocenters. The molecule has 0 radical (unpaired) electrons. The Morgan fingerprint density at radius 1 is 1.25 bits per heavy atom. The van der Waals surface area contributed by atoms with Crippen LogP contribution in [0.3, 0.4) is 0 Å². The summed E-state index contributed by atoms with van der Waals surface area (Å²) in [5.41, 5.74) is -0.341. The normalized spacial score (nSPS) is 22.2. The average Bonchev–Trinajstić information content (AvgIpc) is 2.01. The van der Waals surface area contributed by atoms with Crippen molar-refractivity contribution >= 4 is 0 Å². The van der Waals surface area contributed by atoms with Crippen molar-refractivity contribution in [3.63, 3.8) is 0 Å². The lowest BCUT2D eigenvalue weighted by atomic mass is 9.91. The van der Waals surface area contributed by atoms with E-state index < -0.39 is 0 Å². The number of hydrogen-bond donors (Lipinski definition) is 1. The van der Waals surface area contributed by atoms with Crippen molar-refractivity contribution in [1.82, 2.24) is 4.90 Å². The molecule has 0 aromatic carbocycles. The van der Waals surface area contributed by atoms with E-state index in [-0.39, 0.29) is 5.60 Å². The van der Waals surface area contributed by atoms with Crippen molar-refractivity contribution in [2.24, 2.45) is 0 Å².